The summed E-state index contributed by atoms with van der Waals surface area (Å²) < 4.78 is 5.06. The molecule has 2 aromatic rings. The van der Waals surface area contributed by atoms with Gasteiger partial charge in [0.2, 0.25) is 0 Å². The molecular formula is C7H7N3O. The predicted octanol–water partition coefficient (Wildman–Crippen LogP) is 0.966. The van der Waals surface area contributed by atoms with E-state index in [1.165, 1.54) is 6.33 Å². The van der Waals surface area contributed by atoms with Crippen molar-refractivity contribution < 1.29 is 4.74 Å². The first-order valence-electron chi connectivity index (χ1n) is 3.23. The molecule has 0 fully saturated rings. The molecule has 0 spiro atoms. The first-order chi connectivity index (χ1) is 5.42. The first kappa shape index (κ1) is 6.15. The average Bonchev–Trinajstić information content (AvgIpc) is 2.47. The fourth-order valence-electron chi connectivity index (χ4n) is 1.01. The number of H-pyrrole nitrogens is 1. The molecule has 0 aliphatic heterocycles. The van der Waals surface area contributed by atoms with Crippen molar-refractivity contribution in [3.8, 4) is 5.75 Å². The molecule has 2 heterocycles. The summed E-state index contributed by atoms with van der Waals surface area (Å²) in [4.78, 5) is 10.8. The highest BCUT2D eigenvalue weighted by molar-refractivity contribution is 5.81. The van der Waals surface area contributed by atoms with Gasteiger partial charge < -0.3 is 9.72 Å². The minimum Gasteiger partial charge on any atom is -0.494 e. The zero-order valence-electron chi connectivity index (χ0n) is 6.03. The summed E-state index contributed by atoms with van der Waals surface area (Å²) in [5.41, 5.74) is 0.803. The van der Waals surface area contributed by atoms with Crippen molar-refractivity contribution in [2.75, 3.05) is 7.11 Å². The molecule has 11 heavy (non-hydrogen) atoms. The summed E-state index contributed by atoms with van der Waals surface area (Å²) in [5, 5.41) is 0.912. The second-order valence-corrected chi connectivity index (χ2v) is 2.14. The Morgan fingerprint density at radius 2 is 2.45 bits per heavy atom. The van der Waals surface area contributed by atoms with E-state index in [1.54, 1.807) is 19.5 Å². The minimum absolute atomic E-state index is 0.778. The van der Waals surface area contributed by atoms with E-state index in [4.69, 9.17) is 4.74 Å². The van der Waals surface area contributed by atoms with Crippen LogP contribution in [0, 0.1) is 0 Å². The maximum absolute atomic E-state index is 5.06. The van der Waals surface area contributed by atoms with Gasteiger partial charge >= 0.3 is 0 Å². The van der Waals surface area contributed by atoms with Gasteiger partial charge in [-0.25, -0.2) is 9.97 Å². The molecule has 0 bridgehead atoms. The average molecular weight is 149 g/mol. The van der Waals surface area contributed by atoms with E-state index in [-0.39, 0.29) is 0 Å². The maximum Gasteiger partial charge on any atom is 0.147 e. The third kappa shape index (κ3) is 0.832. The van der Waals surface area contributed by atoms with Gasteiger partial charge in [-0.1, -0.05) is 0 Å². The van der Waals surface area contributed by atoms with E-state index >= 15 is 0 Å². The Bertz CT molecular complexity index is 368. The number of rotatable bonds is 1. The monoisotopic (exact) mass is 149 g/mol. The van der Waals surface area contributed by atoms with Gasteiger partial charge in [-0.05, 0) is 0 Å². The molecule has 0 unspecified atom stereocenters. The Hall–Kier alpha value is -1.58. The Morgan fingerprint density at radius 3 is 3.27 bits per heavy atom. The Labute approximate surface area is 63.2 Å². The Morgan fingerprint density at radius 1 is 1.55 bits per heavy atom. The van der Waals surface area contributed by atoms with Crippen molar-refractivity contribution >= 4 is 11.0 Å². The molecule has 1 N–H and O–H groups in total. The van der Waals surface area contributed by atoms with Crippen molar-refractivity contribution in [3.63, 3.8) is 0 Å². The highest BCUT2D eigenvalue weighted by Gasteiger charge is 2.01. The van der Waals surface area contributed by atoms with Crippen molar-refractivity contribution in [2.45, 2.75) is 0 Å². The van der Waals surface area contributed by atoms with Crippen LogP contribution in [0.5, 0.6) is 5.75 Å². The summed E-state index contributed by atoms with van der Waals surface area (Å²) in [5.74, 6) is 0.778. The molecule has 4 nitrogen and oxygen atoms in total. The molecular weight excluding hydrogens is 142 g/mol. The van der Waals surface area contributed by atoms with Gasteiger partial charge in [-0.2, -0.15) is 0 Å². The van der Waals surface area contributed by atoms with Gasteiger partial charge in [0, 0.05) is 12.4 Å². The molecule has 0 radical (unpaired) electrons. The number of aromatic amines is 1. The molecule has 0 aliphatic carbocycles. The van der Waals surface area contributed by atoms with E-state index in [2.05, 4.69) is 15.0 Å². The molecule has 0 aromatic carbocycles. The lowest BCUT2D eigenvalue weighted by Crippen LogP contribution is -1.80. The lowest BCUT2D eigenvalue weighted by atomic mass is 10.4. The third-order valence-electron chi connectivity index (χ3n) is 1.54. The van der Waals surface area contributed by atoms with Crippen LogP contribution in [0.25, 0.3) is 11.0 Å². The lowest BCUT2D eigenvalue weighted by Gasteiger charge is -1.92. The summed E-state index contributed by atoms with van der Waals surface area (Å²) >= 11 is 0. The number of ether oxygens (including phenoxy) is 1. The van der Waals surface area contributed by atoms with Crippen molar-refractivity contribution in [3.05, 3.63) is 18.7 Å². The fraction of sp³-hybridized carbons (Fsp3) is 0.143. The number of hydrogen-bond acceptors (Lipinski definition) is 3. The van der Waals surface area contributed by atoms with E-state index in [1.807, 2.05) is 0 Å². The van der Waals surface area contributed by atoms with Gasteiger partial charge in [0.25, 0.3) is 0 Å². The van der Waals surface area contributed by atoms with Crippen LogP contribution in [0.4, 0.5) is 0 Å². The molecule has 0 saturated carbocycles. The smallest absolute Gasteiger partial charge is 0.147 e. The van der Waals surface area contributed by atoms with Crippen molar-refractivity contribution in [1.29, 1.82) is 0 Å². The SMILES string of the molecule is COc1c[nH]c2ncncc12. The molecule has 0 saturated heterocycles. The van der Waals surface area contributed by atoms with Gasteiger partial charge in [-0.15, -0.1) is 0 Å². The fourth-order valence-corrected chi connectivity index (χ4v) is 1.01. The van der Waals surface area contributed by atoms with Crippen molar-refractivity contribution in [1.82, 2.24) is 15.0 Å². The lowest BCUT2D eigenvalue weighted by molar-refractivity contribution is 0.419. The molecule has 56 valence electrons. The van der Waals surface area contributed by atoms with E-state index < -0.39 is 0 Å². The summed E-state index contributed by atoms with van der Waals surface area (Å²) in [6.07, 6.45) is 4.98. The van der Waals surface area contributed by atoms with Crippen LogP contribution in [0.15, 0.2) is 18.7 Å². The zero-order chi connectivity index (χ0) is 7.68. The van der Waals surface area contributed by atoms with Gasteiger partial charge in [0.1, 0.15) is 17.7 Å². The second-order valence-electron chi connectivity index (χ2n) is 2.14. The third-order valence-corrected chi connectivity index (χ3v) is 1.54. The normalized spacial score (nSPS) is 10.3. The number of nitrogens with zero attached hydrogens (tertiary/aromatic N) is 2. The first-order valence-corrected chi connectivity index (χ1v) is 3.23. The molecule has 2 rings (SSSR count). The molecule has 2 aromatic heterocycles. The van der Waals surface area contributed by atoms with Gasteiger partial charge in [-0.3, -0.25) is 0 Å². The number of hydrogen-bond donors (Lipinski definition) is 1. The topological polar surface area (TPSA) is 50.8 Å². The van der Waals surface area contributed by atoms with Gasteiger partial charge in [0.05, 0.1) is 12.5 Å². The number of methoxy groups -OCH3 is 1. The standard InChI is InChI=1S/C7H7N3O/c1-11-6-3-9-7-5(6)2-8-4-10-7/h2-4H,1H3,(H,8,9,10). The van der Waals surface area contributed by atoms with Crippen molar-refractivity contribution in [2.24, 2.45) is 0 Å². The van der Waals surface area contributed by atoms with Crippen LogP contribution in [0.3, 0.4) is 0 Å². The summed E-state index contributed by atoms with van der Waals surface area (Å²) in [6, 6.07) is 0. The predicted molar refractivity (Wildman–Crippen MR) is 40.4 cm³/mol. The minimum atomic E-state index is 0.778. The molecule has 0 amide bonds. The number of aromatic nitrogens is 3. The number of nitrogens with one attached hydrogen (secondary N) is 1. The quantitative estimate of drug-likeness (QED) is 0.657. The molecule has 4 heteroatoms. The molecule has 0 aliphatic rings. The Kier molecular flexibility index (Phi) is 1.25. The van der Waals surface area contributed by atoms with Crippen LogP contribution in [-0.2, 0) is 0 Å². The van der Waals surface area contributed by atoms with Crippen LogP contribution < -0.4 is 4.74 Å². The number of fused-ring (bicyclic) bond motifs is 1. The molecule has 0 atom stereocenters. The highest BCUT2D eigenvalue weighted by atomic mass is 16.5. The highest BCUT2D eigenvalue weighted by Crippen LogP contribution is 2.21. The largest absolute Gasteiger partial charge is 0.494 e. The Balaban J connectivity index is 2.76. The summed E-state index contributed by atoms with van der Waals surface area (Å²) in [6.45, 7) is 0. The zero-order valence-corrected chi connectivity index (χ0v) is 6.03. The van der Waals surface area contributed by atoms with Crippen LogP contribution in [0.2, 0.25) is 0 Å². The summed E-state index contributed by atoms with van der Waals surface area (Å²) in [7, 11) is 1.62. The maximum atomic E-state index is 5.06. The van der Waals surface area contributed by atoms with Crippen LogP contribution in [-0.4, -0.2) is 22.1 Å². The van der Waals surface area contributed by atoms with E-state index in [9.17, 15) is 0 Å². The second kappa shape index (κ2) is 2.23. The van der Waals surface area contributed by atoms with Crippen LogP contribution in [0.1, 0.15) is 0 Å². The van der Waals surface area contributed by atoms with E-state index in [0.717, 1.165) is 16.8 Å². The van der Waals surface area contributed by atoms with E-state index in [0.29, 0.717) is 0 Å². The van der Waals surface area contributed by atoms with Crippen LogP contribution >= 0.6 is 0 Å². The van der Waals surface area contributed by atoms with Gasteiger partial charge in [0.15, 0.2) is 0 Å².